The Labute approximate surface area is 339 Å². The molecule has 0 atom stereocenters. The fourth-order valence-electron chi connectivity index (χ4n) is 9.76. The van der Waals surface area contributed by atoms with E-state index in [1.807, 2.05) is 0 Å². The average Bonchev–Trinajstić information content (AvgIpc) is 3.31. The molecule has 0 aliphatic heterocycles. The highest BCUT2D eigenvalue weighted by atomic mass is 15.2. The maximum absolute atomic E-state index is 5.72. The summed E-state index contributed by atoms with van der Waals surface area (Å²) in [7, 11) is 0. The molecule has 3 aliphatic carbocycles. The van der Waals surface area contributed by atoms with Gasteiger partial charge in [-0.05, 0) is 106 Å². The summed E-state index contributed by atoms with van der Waals surface area (Å²) in [6.45, 7) is 0. The van der Waals surface area contributed by atoms with Crippen LogP contribution >= 0.6 is 0 Å². The summed E-state index contributed by atoms with van der Waals surface area (Å²) in [5.74, 6) is 1.71. The molecule has 0 amide bonds. The molecule has 9 aromatic rings. The Morgan fingerprint density at radius 2 is 0.483 bits per heavy atom. The van der Waals surface area contributed by atoms with Crippen LogP contribution in [0.4, 0.5) is 34.4 Å². The molecule has 0 spiro atoms. The zero-order valence-corrected chi connectivity index (χ0v) is 31.7. The average molecular weight is 743 g/mol. The summed E-state index contributed by atoms with van der Waals surface area (Å²) in [5, 5.41) is 0. The van der Waals surface area contributed by atoms with Gasteiger partial charge in [0.15, 0.2) is 0 Å². The number of para-hydroxylation sites is 4. The zero-order valence-electron chi connectivity index (χ0n) is 31.7. The molecule has 12 rings (SSSR count). The number of aromatic nitrogens is 2. The molecule has 0 saturated carbocycles. The summed E-state index contributed by atoms with van der Waals surface area (Å²) in [6, 6.07) is 82.1. The third-order valence-electron chi connectivity index (χ3n) is 12.0. The lowest BCUT2D eigenvalue weighted by Crippen LogP contribution is -2.52. The van der Waals surface area contributed by atoms with Crippen molar-refractivity contribution >= 4 is 34.4 Å². The van der Waals surface area contributed by atoms with Gasteiger partial charge >= 0.3 is 0 Å². The molecule has 0 unspecified atom stereocenters. The van der Waals surface area contributed by atoms with Crippen molar-refractivity contribution in [1.82, 2.24) is 9.97 Å². The van der Waals surface area contributed by atoms with Crippen LogP contribution in [0, 0.1) is 0 Å². The Kier molecular flexibility index (Phi) is 7.90. The molecular formula is C54H38N4. The van der Waals surface area contributed by atoms with Crippen molar-refractivity contribution in [2.45, 2.75) is 10.8 Å². The number of pyridine rings is 2. The van der Waals surface area contributed by atoms with E-state index in [4.69, 9.17) is 9.97 Å². The first-order valence-electron chi connectivity index (χ1n) is 19.8. The number of rotatable bonds is 8. The first kappa shape index (κ1) is 33.8. The van der Waals surface area contributed by atoms with Crippen molar-refractivity contribution in [3.05, 3.63) is 275 Å². The molecule has 2 bridgehead atoms. The second-order valence-electron chi connectivity index (χ2n) is 14.9. The normalized spacial score (nSPS) is 17.1. The van der Waals surface area contributed by atoms with Crippen LogP contribution in [-0.4, -0.2) is 9.97 Å². The Hall–Kier alpha value is -7.56. The lowest BCUT2D eigenvalue weighted by molar-refractivity contribution is 0.539. The molecule has 58 heavy (non-hydrogen) atoms. The van der Waals surface area contributed by atoms with Gasteiger partial charge in [-0.2, -0.15) is 0 Å². The van der Waals surface area contributed by atoms with E-state index in [2.05, 4.69) is 240 Å². The van der Waals surface area contributed by atoms with E-state index in [-0.39, 0.29) is 0 Å². The van der Waals surface area contributed by atoms with E-state index in [9.17, 15) is 0 Å². The minimum absolute atomic E-state index is 0.696. The van der Waals surface area contributed by atoms with Gasteiger partial charge in [0.05, 0.1) is 22.2 Å². The van der Waals surface area contributed by atoms with Gasteiger partial charge in [0, 0.05) is 22.7 Å². The predicted octanol–water partition coefficient (Wildman–Crippen LogP) is 12.8. The number of nitrogens with zero attached hydrogens (tertiary/aromatic N) is 4. The maximum Gasteiger partial charge on any atom is 0.137 e. The number of benzene rings is 7. The molecule has 3 aliphatic rings. The summed E-state index contributed by atoms with van der Waals surface area (Å²) in [4.78, 5) is 15.9. The number of hydrogen-bond acceptors (Lipinski definition) is 4. The Morgan fingerprint density at radius 3 is 0.741 bits per heavy atom. The van der Waals surface area contributed by atoms with E-state index in [0.29, 0.717) is 0 Å². The molecule has 0 N–H and O–H groups in total. The monoisotopic (exact) mass is 742 g/mol. The predicted molar refractivity (Wildman–Crippen MR) is 235 cm³/mol. The molecule has 2 heterocycles. The summed E-state index contributed by atoms with van der Waals surface area (Å²) in [6.07, 6.45) is 0. The third-order valence-corrected chi connectivity index (χ3v) is 12.0. The van der Waals surface area contributed by atoms with Crippen molar-refractivity contribution in [1.29, 1.82) is 0 Å². The molecule has 0 saturated heterocycles. The smallest absolute Gasteiger partial charge is 0.137 e. The van der Waals surface area contributed by atoms with Gasteiger partial charge in [0.2, 0.25) is 0 Å². The molecule has 4 nitrogen and oxygen atoms in total. The fourth-order valence-corrected chi connectivity index (χ4v) is 9.76. The standard InChI is InChI=1S/C54H38N4/c1-5-21-39(22-6-1)57(40-23-7-2-8-24-40)51-37-19-35-49(55-51)53-43-29-13-16-32-46(43)54(47-33-17-14-30-44(47)53,48-34-18-15-31-45(48)53)50-36-20-38-52(56-50)58(41-25-9-3-10-26-41)42-27-11-4-12-28-42/h1-38H. The molecule has 0 fully saturated rings. The molecular weight excluding hydrogens is 705 g/mol. The second-order valence-corrected chi connectivity index (χ2v) is 14.9. The van der Waals surface area contributed by atoms with E-state index < -0.39 is 10.8 Å². The Bertz CT molecular complexity index is 2510. The lowest BCUT2D eigenvalue weighted by atomic mass is 9.45. The molecule has 0 radical (unpaired) electrons. The Morgan fingerprint density at radius 1 is 0.241 bits per heavy atom. The SMILES string of the molecule is c1ccc(N(c2ccccc2)c2cccc(C34c5ccccc5C(c5cccc(N(c6ccccc6)c6ccccc6)n5)(c5ccccc53)c3ccccc34)n2)cc1. The van der Waals surface area contributed by atoms with Crippen LogP contribution in [0.1, 0.15) is 44.8 Å². The van der Waals surface area contributed by atoms with Crippen LogP contribution in [0.5, 0.6) is 0 Å². The van der Waals surface area contributed by atoms with Gasteiger partial charge in [-0.25, -0.2) is 9.97 Å². The molecule has 274 valence electrons. The highest BCUT2D eigenvalue weighted by Crippen LogP contribution is 2.65. The molecule has 7 aromatic carbocycles. The first-order chi connectivity index (χ1) is 28.8. The lowest BCUT2D eigenvalue weighted by Gasteiger charge is -2.56. The largest absolute Gasteiger partial charge is 0.295 e. The van der Waals surface area contributed by atoms with E-state index >= 15 is 0 Å². The number of anilines is 6. The van der Waals surface area contributed by atoms with Gasteiger partial charge in [-0.15, -0.1) is 0 Å². The topological polar surface area (TPSA) is 32.3 Å². The van der Waals surface area contributed by atoms with Gasteiger partial charge < -0.3 is 0 Å². The van der Waals surface area contributed by atoms with Crippen molar-refractivity contribution < 1.29 is 0 Å². The van der Waals surface area contributed by atoms with Crippen molar-refractivity contribution in [3.8, 4) is 0 Å². The summed E-state index contributed by atoms with van der Waals surface area (Å²) < 4.78 is 0. The highest BCUT2D eigenvalue weighted by Gasteiger charge is 2.61. The van der Waals surface area contributed by atoms with Crippen LogP contribution in [0.3, 0.4) is 0 Å². The van der Waals surface area contributed by atoms with Gasteiger partial charge in [-0.1, -0.05) is 158 Å². The maximum atomic E-state index is 5.72. The van der Waals surface area contributed by atoms with Crippen LogP contribution in [0.2, 0.25) is 0 Å². The van der Waals surface area contributed by atoms with Crippen molar-refractivity contribution in [3.63, 3.8) is 0 Å². The van der Waals surface area contributed by atoms with Gasteiger partial charge in [-0.3, -0.25) is 9.80 Å². The van der Waals surface area contributed by atoms with Crippen molar-refractivity contribution in [2.24, 2.45) is 0 Å². The fraction of sp³-hybridized carbons (Fsp3) is 0.0370. The Balaban J connectivity index is 1.18. The summed E-state index contributed by atoms with van der Waals surface area (Å²) in [5.41, 5.74) is 12.1. The second kappa shape index (κ2) is 13.6. The van der Waals surface area contributed by atoms with Crippen LogP contribution < -0.4 is 9.80 Å². The van der Waals surface area contributed by atoms with E-state index in [1.54, 1.807) is 0 Å². The van der Waals surface area contributed by atoms with Crippen molar-refractivity contribution in [2.75, 3.05) is 9.80 Å². The molecule has 4 heteroatoms. The molecule has 2 aromatic heterocycles. The zero-order chi connectivity index (χ0) is 38.5. The number of hydrogen-bond donors (Lipinski definition) is 0. The highest BCUT2D eigenvalue weighted by molar-refractivity contribution is 5.83. The van der Waals surface area contributed by atoms with E-state index in [0.717, 1.165) is 45.8 Å². The van der Waals surface area contributed by atoms with Crippen LogP contribution in [0.15, 0.2) is 231 Å². The first-order valence-corrected chi connectivity index (χ1v) is 19.8. The van der Waals surface area contributed by atoms with E-state index in [1.165, 1.54) is 33.4 Å². The minimum atomic E-state index is -0.696. The summed E-state index contributed by atoms with van der Waals surface area (Å²) >= 11 is 0. The van der Waals surface area contributed by atoms with Crippen LogP contribution in [0.25, 0.3) is 0 Å². The third kappa shape index (κ3) is 4.88. The van der Waals surface area contributed by atoms with Gasteiger partial charge in [0.25, 0.3) is 0 Å². The van der Waals surface area contributed by atoms with Crippen LogP contribution in [-0.2, 0) is 10.8 Å². The quantitative estimate of drug-likeness (QED) is 0.155. The van der Waals surface area contributed by atoms with Gasteiger partial charge in [0.1, 0.15) is 11.6 Å². The minimum Gasteiger partial charge on any atom is -0.295 e.